The first-order valence-corrected chi connectivity index (χ1v) is 7.73. The molecule has 19 heavy (non-hydrogen) atoms. The van der Waals surface area contributed by atoms with Crippen molar-refractivity contribution in [3.63, 3.8) is 0 Å². The molecule has 0 spiro atoms. The van der Waals surface area contributed by atoms with Crippen molar-refractivity contribution >= 4 is 0 Å². The Morgan fingerprint density at radius 2 is 2.00 bits per heavy atom. The van der Waals surface area contributed by atoms with Gasteiger partial charge < -0.3 is 5.73 Å². The number of likely N-dealkylation sites (tertiary alicyclic amines) is 1. The van der Waals surface area contributed by atoms with Gasteiger partial charge in [-0.2, -0.15) is 5.10 Å². The van der Waals surface area contributed by atoms with Crippen LogP contribution in [0.2, 0.25) is 0 Å². The van der Waals surface area contributed by atoms with Crippen LogP contribution in [0.25, 0.3) is 0 Å². The minimum absolute atomic E-state index is 0.553. The molecule has 2 rings (SSSR count). The molecule has 1 saturated heterocycles. The zero-order valence-electron chi connectivity index (χ0n) is 12.4. The van der Waals surface area contributed by atoms with E-state index < -0.39 is 0 Å². The van der Waals surface area contributed by atoms with Crippen LogP contribution in [-0.4, -0.2) is 34.3 Å². The second-order valence-electron chi connectivity index (χ2n) is 5.71. The van der Waals surface area contributed by atoms with Crippen molar-refractivity contribution in [3.05, 3.63) is 18.0 Å². The van der Waals surface area contributed by atoms with Crippen LogP contribution in [-0.2, 0) is 6.54 Å². The van der Waals surface area contributed by atoms with Gasteiger partial charge in [-0.25, -0.2) is 0 Å². The lowest BCUT2D eigenvalue weighted by molar-refractivity contribution is 0.178. The van der Waals surface area contributed by atoms with Crippen LogP contribution in [0.15, 0.2) is 12.3 Å². The molecule has 1 aromatic heterocycles. The highest BCUT2D eigenvalue weighted by Crippen LogP contribution is 2.19. The summed E-state index contributed by atoms with van der Waals surface area (Å²) in [6, 6.07) is 2.73. The van der Waals surface area contributed by atoms with E-state index in [1.54, 1.807) is 0 Å². The van der Waals surface area contributed by atoms with Gasteiger partial charge in [-0.05, 0) is 57.3 Å². The molecule has 1 aliphatic rings. The molecule has 4 heteroatoms. The molecule has 0 aliphatic carbocycles. The van der Waals surface area contributed by atoms with E-state index in [0.717, 1.165) is 31.8 Å². The van der Waals surface area contributed by atoms with Gasteiger partial charge in [0.05, 0.1) is 11.7 Å². The van der Waals surface area contributed by atoms with Gasteiger partial charge in [0.2, 0.25) is 0 Å². The Morgan fingerprint density at radius 3 is 2.58 bits per heavy atom. The van der Waals surface area contributed by atoms with Gasteiger partial charge >= 0.3 is 0 Å². The third kappa shape index (κ3) is 3.80. The fraction of sp³-hybridized carbons (Fsp3) is 0.800. The maximum atomic E-state index is 5.73. The molecule has 2 N–H and O–H groups in total. The molecule has 0 bridgehead atoms. The maximum Gasteiger partial charge on any atom is 0.0764 e. The van der Waals surface area contributed by atoms with Gasteiger partial charge in [-0.3, -0.25) is 9.58 Å². The van der Waals surface area contributed by atoms with Crippen molar-refractivity contribution in [2.75, 3.05) is 19.6 Å². The number of nitrogens with two attached hydrogens (primary N) is 1. The zero-order chi connectivity index (χ0) is 13.7. The summed E-state index contributed by atoms with van der Waals surface area (Å²) in [5.74, 6) is 0.735. The van der Waals surface area contributed by atoms with E-state index in [0.29, 0.717) is 6.04 Å². The van der Waals surface area contributed by atoms with Gasteiger partial charge in [0.1, 0.15) is 0 Å². The van der Waals surface area contributed by atoms with Crippen molar-refractivity contribution in [1.82, 2.24) is 14.7 Å². The van der Waals surface area contributed by atoms with Gasteiger partial charge in [-0.15, -0.1) is 0 Å². The molecule has 2 heterocycles. The highest BCUT2D eigenvalue weighted by Gasteiger charge is 2.18. The van der Waals surface area contributed by atoms with Crippen LogP contribution in [0.4, 0.5) is 0 Å². The highest BCUT2D eigenvalue weighted by molar-refractivity contribution is 5.00. The Labute approximate surface area is 117 Å². The van der Waals surface area contributed by atoms with Crippen LogP contribution in [0.1, 0.15) is 51.3 Å². The van der Waals surface area contributed by atoms with E-state index in [2.05, 4.69) is 35.7 Å². The molecule has 1 fully saturated rings. The number of nitrogens with zero attached hydrogens (tertiary/aromatic N) is 3. The van der Waals surface area contributed by atoms with E-state index in [9.17, 15) is 0 Å². The topological polar surface area (TPSA) is 47.1 Å². The van der Waals surface area contributed by atoms with Crippen molar-refractivity contribution in [3.8, 4) is 0 Å². The molecule has 0 radical (unpaired) electrons. The summed E-state index contributed by atoms with van der Waals surface area (Å²) in [5, 5.41) is 4.74. The minimum atomic E-state index is 0.553. The van der Waals surface area contributed by atoms with Crippen LogP contribution >= 0.6 is 0 Å². The summed E-state index contributed by atoms with van der Waals surface area (Å²) in [6.07, 6.45) is 6.92. The lowest BCUT2D eigenvalue weighted by Crippen LogP contribution is -2.35. The summed E-state index contributed by atoms with van der Waals surface area (Å²) >= 11 is 0. The second kappa shape index (κ2) is 7.06. The van der Waals surface area contributed by atoms with E-state index in [4.69, 9.17) is 10.8 Å². The van der Waals surface area contributed by atoms with Crippen LogP contribution in [0.5, 0.6) is 0 Å². The van der Waals surface area contributed by atoms with Crippen LogP contribution < -0.4 is 5.73 Å². The third-order valence-electron chi connectivity index (χ3n) is 4.41. The van der Waals surface area contributed by atoms with Crippen molar-refractivity contribution in [1.29, 1.82) is 0 Å². The van der Waals surface area contributed by atoms with E-state index in [1.807, 2.05) is 0 Å². The molecular weight excluding hydrogens is 236 g/mol. The van der Waals surface area contributed by atoms with Crippen LogP contribution in [0.3, 0.4) is 0 Å². The molecule has 0 aromatic carbocycles. The monoisotopic (exact) mass is 264 g/mol. The standard InChI is InChI=1S/C15H28N4/c1-3-15(4-2)19-10-7-14(17-19)12-18-8-5-13(11-16)6-9-18/h7,10,13,15H,3-6,8-9,11-12,16H2,1-2H3. The van der Waals surface area contributed by atoms with E-state index in [-0.39, 0.29) is 0 Å². The van der Waals surface area contributed by atoms with Crippen molar-refractivity contribution in [2.24, 2.45) is 11.7 Å². The van der Waals surface area contributed by atoms with E-state index >= 15 is 0 Å². The number of aromatic nitrogens is 2. The number of rotatable bonds is 6. The molecule has 0 amide bonds. The second-order valence-corrected chi connectivity index (χ2v) is 5.71. The Hall–Kier alpha value is -0.870. The molecule has 4 nitrogen and oxygen atoms in total. The average molecular weight is 264 g/mol. The lowest BCUT2D eigenvalue weighted by atomic mass is 9.97. The first-order valence-electron chi connectivity index (χ1n) is 7.73. The number of hydrogen-bond donors (Lipinski definition) is 1. The summed E-state index contributed by atoms with van der Waals surface area (Å²) < 4.78 is 2.14. The largest absolute Gasteiger partial charge is 0.330 e. The lowest BCUT2D eigenvalue weighted by Gasteiger charge is -2.30. The van der Waals surface area contributed by atoms with Crippen molar-refractivity contribution < 1.29 is 0 Å². The van der Waals surface area contributed by atoms with Gasteiger partial charge in [0.25, 0.3) is 0 Å². The fourth-order valence-corrected chi connectivity index (χ4v) is 2.94. The number of piperidine rings is 1. The SMILES string of the molecule is CCC(CC)n1ccc(CN2CCC(CN)CC2)n1. The van der Waals surface area contributed by atoms with Crippen LogP contribution in [0, 0.1) is 5.92 Å². The summed E-state index contributed by atoms with van der Waals surface area (Å²) in [7, 11) is 0. The summed E-state index contributed by atoms with van der Waals surface area (Å²) in [5.41, 5.74) is 6.94. The maximum absolute atomic E-state index is 5.73. The Kier molecular flexibility index (Phi) is 5.40. The van der Waals surface area contributed by atoms with E-state index in [1.165, 1.54) is 31.6 Å². The molecule has 1 aliphatic heterocycles. The molecule has 0 atom stereocenters. The predicted octanol–water partition coefficient (Wildman–Crippen LogP) is 2.41. The van der Waals surface area contributed by atoms with Gasteiger partial charge in [-0.1, -0.05) is 13.8 Å². The van der Waals surface area contributed by atoms with Crippen molar-refractivity contribution in [2.45, 2.75) is 52.1 Å². The molecule has 1 aromatic rings. The Balaban J connectivity index is 1.86. The smallest absolute Gasteiger partial charge is 0.0764 e. The highest BCUT2D eigenvalue weighted by atomic mass is 15.3. The normalized spacial score (nSPS) is 18.3. The molecule has 0 saturated carbocycles. The average Bonchev–Trinajstić information content (AvgIpc) is 2.89. The molecule has 0 unspecified atom stereocenters. The Bertz CT molecular complexity index is 362. The quantitative estimate of drug-likeness (QED) is 0.858. The molecule has 108 valence electrons. The first kappa shape index (κ1) is 14.5. The predicted molar refractivity (Wildman–Crippen MR) is 78.9 cm³/mol. The summed E-state index contributed by atoms with van der Waals surface area (Å²) in [6.45, 7) is 8.63. The Morgan fingerprint density at radius 1 is 1.32 bits per heavy atom. The first-order chi connectivity index (χ1) is 9.26. The number of hydrogen-bond acceptors (Lipinski definition) is 3. The zero-order valence-corrected chi connectivity index (χ0v) is 12.4. The van der Waals surface area contributed by atoms with Gasteiger partial charge in [0.15, 0.2) is 0 Å². The molecular formula is C15H28N4. The minimum Gasteiger partial charge on any atom is -0.330 e. The summed E-state index contributed by atoms with van der Waals surface area (Å²) in [4.78, 5) is 2.51. The fourth-order valence-electron chi connectivity index (χ4n) is 2.94. The van der Waals surface area contributed by atoms with Gasteiger partial charge in [0, 0.05) is 12.7 Å². The third-order valence-corrected chi connectivity index (χ3v) is 4.41.